The zero-order valence-corrected chi connectivity index (χ0v) is 56.2. The first-order chi connectivity index (χ1) is 41.4. The number of hydrogen-bond donors (Lipinski definition) is 6. The van der Waals surface area contributed by atoms with Gasteiger partial charge in [-0.25, -0.2) is 0 Å². The van der Waals surface area contributed by atoms with Crippen LogP contribution in [0.2, 0.25) is 0 Å². The molecular weight excluding hydrogens is 1430 g/mol. The molecule has 0 saturated carbocycles. The monoisotopic (exact) mass is 1490 g/mol. The van der Waals surface area contributed by atoms with Gasteiger partial charge in [-0.2, -0.15) is 0 Å². The fraction of sp³-hybridized carbons (Fsp3) is 0.0909. The molecule has 0 aliphatic heterocycles. The normalized spacial score (nSPS) is 10.6. The van der Waals surface area contributed by atoms with Crippen molar-refractivity contribution in [1.29, 1.82) is 0 Å². The predicted octanol–water partition coefficient (Wildman–Crippen LogP) is 10.3. The zero-order chi connectivity index (χ0) is 62.9. The van der Waals surface area contributed by atoms with Gasteiger partial charge in [0.05, 0.1) is 0 Å². The van der Waals surface area contributed by atoms with E-state index < -0.39 is 63.2 Å². The molecule has 0 bridgehead atoms. The molecule has 0 radical (unpaired) electrons. The van der Waals surface area contributed by atoms with Gasteiger partial charge in [-0.15, -0.1) is 0 Å². The van der Waals surface area contributed by atoms with E-state index in [1.807, 2.05) is 18.2 Å². The SMILES string of the molecule is C=C(C)C(=O)Nc1ccc([O][Sb]([O]c2ccc(NC(=O)C(=C)C)cc2)[c]2c[c]([Sb]([O]c3ccc(NC(=O)C(=C)C)cc3)[O]c3ccc(NC(=O)C(=C)C)cc3)c[c]([Sb]([O]c3ccc(NC(=O)C(=C)C)cc3)[O]c3ccc(NC(=O)C(=C)C)cc3)c2)cc1. The topological polar surface area (TPSA) is 230 Å². The van der Waals surface area contributed by atoms with E-state index in [1.165, 1.54) is 0 Å². The maximum absolute atomic E-state index is 12.6. The summed E-state index contributed by atoms with van der Waals surface area (Å²) >= 11 is -11.9. The van der Waals surface area contributed by atoms with Gasteiger partial charge in [0.2, 0.25) is 0 Å². The van der Waals surface area contributed by atoms with E-state index in [0.717, 1.165) is 0 Å². The van der Waals surface area contributed by atoms with Gasteiger partial charge < -0.3 is 0 Å². The van der Waals surface area contributed by atoms with Crippen LogP contribution in [0.4, 0.5) is 34.1 Å². The second-order valence-electron chi connectivity index (χ2n) is 19.6. The molecule has 0 aromatic heterocycles. The van der Waals surface area contributed by atoms with Crippen LogP contribution >= 0.6 is 0 Å². The number of nitrogens with one attached hydrogen (secondary N) is 6. The Bertz CT molecular complexity index is 3160. The maximum atomic E-state index is 12.6. The molecule has 0 spiro atoms. The van der Waals surface area contributed by atoms with Crippen molar-refractivity contribution in [3.05, 3.63) is 237 Å². The van der Waals surface area contributed by atoms with E-state index in [2.05, 4.69) is 71.4 Å². The Morgan fingerprint density at radius 2 is 0.379 bits per heavy atom. The average molecular weight is 1500 g/mol. The van der Waals surface area contributed by atoms with Gasteiger partial charge in [0, 0.05) is 0 Å². The van der Waals surface area contributed by atoms with Crippen molar-refractivity contribution in [2.45, 2.75) is 41.5 Å². The van der Waals surface area contributed by atoms with Crippen LogP contribution in [0.15, 0.2) is 237 Å². The summed E-state index contributed by atoms with van der Waals surface area (Å²) in [4.78, 5) is 75.8. The van der Waals surface area contributed by atoms with Crippen LogP contribution in [0.1, 0.15) is 41.5 Å². The molecule has 0 atom stereocenters. The van der Waals surface area contributed by atoms with Crippen LogP contribution in [0.5, 0.6) is 34.5 Å². The Morgan fingerprint density at radius 3 is 0.494 bits per heavy atom. The molecule has 87 heavy (non-hydrogen) atoms. The Kier molecular flexibility index (Phi) is 23.3. The first kappa shape index (κ1) is 65.6. The fourth-order valence-corrected chi connectivity index (χ4v) is 21.2. The van der Waals surface area contributed by atoms with Crippen LogP contribution in [-0.4, -0.2) is 98.6 Å². The van der Waals surface area contributed by atoms with Crippen molar-refractivity contribution in [2.75, 3.05) is 31.9 Å². The third-order valence-corrected chi connectivity index (χ3v) is 23.9. The summed E-state index contributed by atoms with van der Waals surface area (Å²) in [6.07, 6.45) is 0. The van der Waals surface area contributed by atoms with E-state index in [4.69, 9.17) is 18.1 Å². The molecule has 444 valence electrons. The van der Waals surface area contributed by atoms with Gasteiger partial charge in [-0.1, -0.05) is 0 Å². The van der Waals surface area contributed by atoms with Crippen LogP contribution in [0.3, 0.4) is 0 Å². The minimum atomic E-state index is -3.97. The van der Waals surface area contributed by atoms with Crippen molar-refractivity contribution in [3.63, 3.8) is 0 Å². The first-order valence-corrected chi connectivity index (χ1v) is 36.6. The van der Waals surface area contributed by atoms with Crippen molar-refractivity contribution in [2.24, 2.45) is 0 Å². The second-order valence-corrected chi connectivity index (χ2v) is 31.5. The van der Waals surface area contributed by atoms with Crippen LogP contribution in [0, 0.1) is 0 Å². The van der Waals surface area contributed by atoms with E-state index in [0.29, 0.717) is 113 Å². The summed E-state index contributed by atoms with van der Waals surface area (Å²) in [7, 11) is 0. The second kappa shape index (κ2) is 30.9. The summed E-state index contributed by atoms with van der Waals surface area (Å²) in [6, 6.07) is 46.7. The molecule has 18 nitrogen and oxygen atoms in total. The minimum absolute atomic E-state index is 0.327. The molecule has 0 unspecified atom stereocenters. The average Bonchev–Trinajstić information content (AvgIpc) is 2.34. The molecule has 7 rings (SSSR count). The van der Waals surface area contributed by atoms with Gasteiger partial charge in [0.15, 0.2) is 0 Å². The Hall–Kier alpha value is -8.95. The van der Waals surface area contributed by atoms with Crippen LogP contribution in [-0.2, 0) is 28.8 Å². The Balaban J connectivity index is 1.43. The van der Waals surface area contributed by atoms with Gasteiger partial charge >= 0.3 is 535 Å². The molecular formula is C66H63N6O12Sb3. The quantitative estimate of drug-likeness (QED) is 0.0209. The van der Waals surface area contributed by atoms with Crippen molar-refractivity contribution < 1.29 is 46.9 Å². The summed E-state index contributed by atoms with van der Waals surface area (Å²) in [6.45, 7) is 32.1. The standard InChI is InChI=1S/6C10H11NO2.C6H3.3Sb/c6*1-7(2)10(13)11-8-3-5-9(12)6-4-8;1-2-4-6-5-3-1;;;/h6*3-6,12H,1H2,2H3,(H,11,13);1,4-5H;;;/q;;;;;;;3*+2/p-6. The van der Waals surface area contributed by atoms with E-state index in [9.17, 15) is 28.8 Å². The van der Waals surface area contributed by atoms with Gasteiger partial charge in [0.25, 0.3) is 0 Å². The summed E-state index contributed by atoms with van der Waals surface area (Å²) in [5, 5.41) is 16.9. The van der Waals surface area contributed by atoms with Crippen molar-refractivity contribution >= 4 is 143 Å². The fourth-order valence-electron chi connectivity index (χ4n) is 6.86. The number of anilines is 6. The number of amides is 6. The molecule has 21 heteroatoms. The van der Waals surface area contributed by atoms with E-state index >= 15 is 0 Å². The van der Waals surface area contributed by atoms with Gasteiger partial charge in [-0.3, -0.25) is 0 Å². The molecule has 7 aromatic carbocycles. The number of hydrogen-bond acceptors (Lipinski definition) is 12. The Morgan fingerprint density at radius 1 is 0.253 bits per heavy atom. The van der Waals surface area contributed by atoms with Gasteiger partial charge in [-0.05, 0) is 0 Å². The van der Waals surface area contributed by atoms with Gasteiger partial charge in [0.1, 0.15) is 0 Å². The van der Waals surface area contributed by atoms with E-state index in [-0.39, 0.29) is 35.4 Å². The molecule has 0 aliphatic carbocycles. The van der Waals surface area contributed by atoms with Crippen LogP contribution in [0.25, 0.3) is 0 Å². The number of carbonyl (C=O) groups excluding carboxylic acids is 6. The molecule has 7 aromatic rings. The van der Waals surface area contributed by atoms with Crippen LogP contribution < -0.4 is 60.5 Å². The summed E-state index contributed by atoms with van der Waals surface area (Å²) in [5.74, 6) is 0.360. The molecule has 6 N–H and O–H groups in total. The molecule has 6 amide bonds. The van der Waals surface area contributed by atoms with Crippen molar-refractivity contribution in [3.8, 4) is 34.5 Å². The predicted molar refractivity (Wildman–Crippen MR) is 346 cm³/mol. The third kappa shape index (κ3) is 20.1. The zero-order valence-electron chi connectivity index (χ0n) is 48.6. The number of benzene rings is 7. The van der Waals surface area contributed by atoms with Crippen molar-refractivity contribution in [1.82, 2.24) is 0 Å². The molecule has 0 saturated heterocycles. The van der Waals surface area contributed by atoms with E-state index in [1.54, 1.807) is 187 Å². The third-order valence-electron chi connectivity index (χ3n) is 11.6. The molecule has 0 heterocycles. The molecule has 0 aliphatic rings. The summed E-state index contributed by atoms with van der Waals surface area (Å²) in [5.41, 5.74) is 4.97. The Labute approximate surface area is 530 Å². The first-order valence-electron chi connectivity index (χ1n) is 26.5. The number of carbonyl (C=O) groups is 6. The summed E-state index contributed by atoms with van der Waals surface area (Å²) < 4.78 is 43.8. The number of rotatable bonds is 27. The molecule has 0 fully saturated rings.